The number of hydrogen-bond acceptors (Lipinski definition) is 0. The van der Waals surface area contributed by atoms with Gasteiger partial charge < -0.3 is 0 Å². The molecule has 0 aromatic heterocycles. The van der Waals surface area contributed by atoms with E-state index in [1.165, 1.54) is 10.8 Å². The van der Waals surface area contributed by atoms with Gasteiger partial charge in [0.15, 0.2) is 0 Å². The molecule has 0 fully saturated rings. The molecule has 0 aliphatic heterocycles. The lowest BCUT2D eigenvalue weighted by atomic mass is 10.2. The molecule has 1 aromatic carbocycles. The van der Waals surface area contributed by atoms with Gasteiger partial charge >= 0.3 is 8.80 Å². The summed E-state index contributed by atoms with van der Waals surface area (Å²) < 4.78 is 0. The molecule has 0 heterocycles. The van der Waals surface area contributed by atoms with Gasteiger partial charge in [0, 0.05) is 0 Å². The van der Waals surface area contributed by atoms with Crippen LogP contribution in [0.4, 0.5) is 0 Å². The highest BCUT2D eigenvalue weighted by molar-refractivity contribution is 6.70. The summed E-state index contributed by atoms with van der Waals surface area (Å²) in [4.78, 5) is 0. The zero-order chi connectivity index (χ0) is 7.56. The molecule has 0 aliphatic rings. The SMILES string of the molecule is Cc1cccc([Si+](C)C)c1. The molecule has 52 valence electrons. The lowest BCUT2D eigenvalue weighted by Crippen LogP contribution is -2.22. The van der Waals surface area contributed by atoms with Crippen molar-refractivity contribution in [3.63, 3.8) is 0 Å². The minimum Gasteiger partial charge on any atom is -0.0591 e. The highest BCUT2D eigenvalue weighted by Crippen LogP contribution is 1.94. The van der Waals surface area contributed by atoms with E-state index in [0.29, 0.717) is 0 Å². The standard InChI is InChI=1S/C9H13Si/c1-8-5-4-6-9(7-8)10(2)3/h4-7H,1-3H3/q+1. The van der Waals surface area contributed by atoms with Gasteiger partial charge in [-0.15, -0.1) is 0 Å². The third kappa shape index (κ3) is 1.71. The fourth-order valence-corrected chi connectivity index (χ4v) is 1.90. The number of benzene rings is 1. The Morgan fingerprint density at radius 3 is 2.30 bits per heavy atom. The molecule has 10 heavy (non-hydrogen) atoms. The molecule has 0 amide bonds. The molecule has 0 aliphatic carbocycles. The van der Waals surface area contributed by atoms with E-state index in [0.717, 1.165) is 0 Å². The van der Waals surface area contributed by atoms with Crippen LogP contribution in [0.5, 0.6) is 0 Å². The Bertz CT molecular complexity index is 216. The summed E-state index contributed by atoms with van der Waals surface area (Å²) in [7, 11) is -0.234. The van der Waals surface area contributed by atoms with E-state index in [2.05, 4.69) is 44.3 Å². The van der Waals surface area contributed by atoms with Gasteiger partial charge in [-0.3, -0.25) is 0 Å². The Labute approximate surface area is 64.5 Å². The van der Waals surface area contributed by atoms with Gasteiger partial charge in [-0.1, -0.05) is 12.1 Å². The van der Waals surface area contributed by atoms with Crippen molar-refractivity contribution in [2.75, 3.05) is 0 Å². The minimum atomic E-state index is -0.234. The molecule has 0 radical (unpaired) electrons. The Balaban J connectivity index is 2.96. The largest absolute Gasteiger partial charge is 0.345 e. The summed E-state index contributed by atoms with van der Waals surface area (Å²) in [6, 6.07) is 8.80. The predicted octanol–water partition coefficient (Wildman–Crippen LogP) is 1.96. The smallest absolute Gasteiger partial charge is 0.0591 e. The van der Waals surface area contributed by atoms with E-state index in [1.807, 2.05) is 0 Å². The van der Waals surface area contributed by atoms with Crippen LogP contribution in [0, 0.1) is 6.92 Å². The quantitative estimate of drug-likeness (QED) is 0.535. The molecule has 0 nitrogen and oxygen atoms in total. The third-order valence-electron chi connectivity index (χ3n) is 1.60. The molecule has 1 rings (SSSR count). The highest BCUT2D eigenvalue weighted by Gasteiger charge is 2.13. The number of aryl methyl sites for hydroxylation is 1. The van der Waals surface area contributed by atoms with Crippen LogP contribution < -0.4 is 5.19 Å². The maximum atomic E-state index is 2.32. The number of rotatable bonds is 1. The van der Waals surface area contributed by atoms with Gasteiger partial charge in [-0.2, -0.15) is 0 Å². The molecular formula is C9H13Si+. The summed E-state index contributed by atoms with van der Waals surface area (Å²) >= 11 is 0. The summed E-state index contributed by atoms with van der Waals surface area (Å²) in [5.41, 5.74) is 1.38. The zero-order valence-corrected chi connectivity index (χ0v) is 7.81. The van der Waals surface area contributed by atoms with Crippen LogP contribution in [0.1, 0.15) is 5.56 Å². The van der Waals surface area contributed by atoms with Crippen molar-refractivity contribution >= 4 is 14.0 Å². The Morgan fingerprint density at radius 2 is 1.90 bits per heavy atom. The first kappa shape index (κ1) is 7.54. The minimum absolute atomic E-state index is 0.234. The molecule has 0 atom stereocenters. The van der Waals surface area contributed by atoms with Crippen LogP contribution in [0.15, 0.2) is 24.3 Å². The Hall–Kier alpha value is -0.563. The Morgan fingerprint density at radius 1 is 1.20 bits per heavy atom. The maximum absolute atomic E-state index is 2.32. The zero-order valence-electron chi connectivity index (χ0n) is 6.81. The number of hydrogen-bond donors (Lipinski definition) is 0. The van der Waals surface area contributed by atoms with Crippen LogP contribution >= 0.6 is 0 Å². The van der Waals surface area contributed by atoms with Gasteiger partial charge in [0.1, 0.15) is 0 Å². The van der Waals surface area contributed by atoms with Crippen LogP contribution in [0.2, 0.25) is 13.1 Å². The van der Waals surface area contributed by atoms with E-state index < -0.39 is 0 Å². The van der Waals surface area contributed by atoms with Crippen molar-refractivity contribution in [2.45, 2.75) is 20.0 Å². The fraction of sp³-hybridized carbons (Fsp3) is 0.333. The van der Waals surface area contributed by atoms with Gasteiger partial charge in [-0.05, 0) is 24.6 Å². The lowest BCUT2D eigenvalue weighted by Gasteiger charge is -1.92. The van der Waals surface area contributed by atoms with Crippen LogP contribution in [0.25, 0.3) is 0 Å². The predicted molar refractivity (Wildman–Crippen MR) is 48.3 cm³/mol. The van der Waals surface area contributed by atoms with Crippen molar-refractivity contribution in [3.05, 3.63) is 29.8 Å². The maximum Gasteiger partial charge on any atom is 0.345 e. The molecule has 0 saturated heterocycles. The second-order valence-electron chi connectivity index (χ2n) is 2.87. The van der Waals surface area contributed by atoms with Crippen molar-refractivity contribution in [1.82, 2.24) is 0 Å². The fourth-order valence-electron chi connectivity index (χ4n) is 0.956. The van der Waals surface area contributed by atoms with Crippen molar-refractivity contribution in [2.24, 2.45) is 0 Å². The summed E-state index contributed by atoms with van der Waals surface area (Å²) in [6.45, 7) is 6.78. The van der Waals surface area contributed by atoms with Crippen molar-refractivity contribution < 1.29 is 0 Å². The first-order valence-corrected chi connectivity index (χ1v) is 6.07. The average Bonchev–Trinajstić information content (AvgIpc) is 1.88. The molecule has 0 saturated carbocycles. The van der Waals surface area contributed by atoms with Crippen LogP contribution in [0.3, 0.4) is 0 Å². The highest BCUT2D eigenvalue weighted by atomic mass is 28.3. The molecule has 0 N–H and O–H groups in total. The first-order chi connectivity index (χ1) is 4.70. The van der Waals surface area contributed by atoms with Gasteiger partial charge in [0.2, 0.25) is 0 Å². The van der Waals surface area contributed by atoms with Crippen molar-refractivity contribution in [1.29, 1.82) is 0 Å². The first-order valence-electron chi connectivity index (χ1n) is 3.57. The second kappa shape index (κ2) is 3.02. The summed E-state index contributed by atoms with van der Waals surface area (Å²) in [5.74, 6) is 0. The molecule has 0 unspecified atom stereocenters. The third-order valence-corrected chi connectivity index (χ3v) is 3.06. The van der Waals surface area contributed by atoms with Gasteiger partial charge in [-0.25, -0.2) is 0 Å². The lowest BCUT2D eigenvalue weighted by molar-refractivity contribution is 1.49. The molecule has 0 spiro atoms. The van der Waals surface area contributed by atoms with E-state index in [-0.39, 0.29) is 8.80 Å². The van der Waals surface area contributed by atoms with Gasteiger partial charge in [0.05, 0.1) is 18.3 Å². The molecule has 1 heteroatoms. The second-order valence-corrected chi connectivity index (χ2v) is 5.45. The summed E-state index contributed by atoms with van der Waals surface area (Å²) in [5, 5.41) is 1.53. The van der Waals surface area contributed by atoms with Crippen LogP contribution in [-0.4, -0.2) is 8.80 Å². The van der Waals surface area contributed by atoms with Crippen molar-refractivity contribution in [3.8, 4) is 0 Å². The Kier molecular flexibility index (Phi) is 2.28. The average molecular weight is 149 g/mol. The topological polar surface area (TPSA) is 0 Å². The van der Waals surface area contributed by atoms with E-state index >= 15 is 0 Å². The molecule has 1 aromatic rings. The van der Waals surface area contributed by atoms with E-state index in [9.17, 15) is 0 Å². The normalized spacial score (nSPS) is 9.50. The van der Waals surface area contributed by atoms with E-state index in [1.54, 1.807) is 0 Å². The van der Waals surface area contributed by atoms with E-state index in [4.69, 9.17) is 0 Å². The van der Waals surface area contributed by atoms with Gasteiger partial charge in [0.25, 0.3) is 0 Å². The molecular weight excluding hydrogens is 136 g/mol. The van der Waals surface area contributed by atoms with Crippen LogP contribution in [-0.2, 0) is 0 Å². The molecule has 0 bridgehead atoms. The monoisotopic (exact) mass is 149 g/mol. The summed E-state index contributed by atoms with van der Waals surface area (Å²) in [6.07, 6.45) is 0.